The zero-order chi connectivity index (χ0) is 17.5. The van der Waals surface area contributed by atoms with E-state index in [1.165, 1.54) is 13.3 Å². The van der Waals surface area contributed by atoms with Gasteiger partial charge in [-0.1, -0.05) is 0 Å². The van der Waals surface area contributed by atoms with E-state index in [1.807, 2.05) is 0 Å². The van der Waals surface area contributed by atoms with Crippen LogP contribution < -0.4 is 10.6 Å². The summed E-state index contributed by atoms with van der Waals surface area (Å²) in [5, 5.41) is 4.92. The van der Waals surface area contributed by atoms with E-state index in [1.54, 1.807) is 39.1 Å². The van der Waals surface area contributed by atoms with Gasteiger partial charge in [-0.2, -0.15) is 0 Å². The number of nitrogens with zero attached hydrogens (tertiary/aromatic N) is 1. The van der Waals surface area contributed by atoms with E-state index in [2.05, 4.69) is 20.4 Å². The van der Waals surface area contributed by atoms with E-state index >= 15 is 0 Å². The highest BCUT2D eigenvalue weighted by Crippen LogP contribution is 2.09. The van der Waals surface area contributed by atoms with Gasteiger partial charge in [-0.05, 0) is 32.9 Å². The predicted molar refractivity (Wildman–Crippen MR) is 82.7 cm³/mol. The summed E-state index contributed by atoms with van der Waals surface area (Å²) < 4.78 is 9.63. The monoisotopic (exact) mass is 323 g/mol. The first-order valence-electron chi connectivity index (χ1n) is 6.98. The average molecular weight is 323 g/mol. The van der Waals surface area contributed by atoms with Gasteiger partial charge in [0.2, 0.25) is 5.91 Å². The topological polar surface area (TPSA) is 107 Å². The Morgan fingerprint density at radius 3 is 2.52 bits per heavy atom. The fourth-order valence-corrected chi connectivity index (χ4v) is 1.58. The first kappa shape index (κ1) is 18.4. The lowest BCUT2D eigenvalue weighted by molar-refractivity contribution is -0.142. The van der Waals surface area contributed by atoms with Crippen LogP contribution in [0.1, 0.15) is 27.2 Å². The highest BCUT2D eigenvalue weighted by molar-refractivity contribution is 5.98. The molecule has 1 rings (SSSR count). The fraction of sp³-hybridized carbons (Fsp3) is 0.467. The number of aromatic nitrogens is 1. The maximum atomic E-state index is 12.2. The molecule has 0 aliphatic carbocycles. The Kier molecular flexibility index (Phi) is 6.49. The fourth-order valence-electron chi connectivity index (χ4n) is 1.58. The van der Waals surface area contributed by atoms with Crippen LogP contribution in [-0.4, -0.2) is 41.7 Å². The van der Waals surface area contributed by atoms with Gasteiger partial charge >= 0.3 is 12.1 Å². The van der Waals surface area contributed by atoms with E-state index in [0.717, 1.165) is 0 Å². The summed E-state index contributed by atoms with van der Waals surface area (Å²) in [4.78, 5) is 39.4. The molecule has 126 valence electrons. The molecule has 23 heavy (non-hydrogen) atoms. The molecule has 1 atom stereocenters. The van der Waals surface area contributed by atoms with Crippen LogP contribution >= 0.6 is 0 Å². The minimum Gasteiger partial charge on any atom is -0.469 e. The van der Waals surface area contributed by atoms with Crippen LogP contribution in [0, 0.1) is 0 Å². The number of hydrogen-bond donors (Lipinski definition) is 2. The van der Waals surface area contributed by atoms with Gasteiger partial charge in [0.25, 0.3) is 0 Å². The van der Waals surface area contributed by atoms with Gasteiger partial charge in [-0.3, -0.25) is 14.6 Å². The molecule has 0 saturated carbocycles. The average Bonchev–Trinajstić information content (AvgIpc) is 2.45. The number of alkyl carbamates (subject to hydrolysis) is 1. The van der Waals surface area contributed by atoms with Crippen molar-refractivity contribution in [2.45, 2.75) is 38.8 Å². The van der Waals surface area contributed by atoms with Crippen LogP contribution in [0.4, 0.5) is 10.5 Å². The Balaban J connectivity index is 2.76. The number of esters is 1. The molecular weight excluding hydrogens is 302 g/mol. The molecule has 0 aliphatic heterocycles. The zero-order valence-electron chi connectivity index (χ0n) is 13.6. The van der Waals surface area contributed by atoms with Gasteiger partial charge < -0.3 is 20.1 Å². The van der Waals surface area contributed by atoms with E-state index in [4.69, 9.17) is 4.74 Å². The van der Waals surface area contributed by atoms with Crippen molar-refractivity contribution < 1.29 is 23.9 Å². The largest absolute Gasteiger partial charge is 0.469 e. The number of carbonyl (C=O) groups excluding carboxylic acids is 3. The summed E-state index contributed by atoms with van der Waals surface area (Å²) in [6, 6.07) is 2.15. The summed E-state index contributed by atoms with van der Waals surface area (Å²) in [5.74, 6) is -1.21. The molecule has 8 nitrogen and oxygen atoms in total. The third-order valence-corrected chi connectivity index (χ3v) is 2.53. The third-order valence-electron chi connectivity index (χ3n) is 2.53. The summed E-state index contributed by atoms with van der Waals surface area (Å²) in [5.41, 5.74) is -0.280. The Morgan fingerprint density at radius 1 is 1.30 bits per heavy atom. The molecule has 0 fully saturated rings. The molecule has 0 unspecified atom stereocenters. The van der Waals surface area contributed by atoms with Crippen LogP contribution in [0.15, 0.2) is 24.5 Å². The van der Waals surface area contributed by atoms with Gasteiger partial charge in [-0.25, -0.2) is 4.79 Å². The Labute approximate surface area is 134 Å². The van der Waals surface area contributed by atoms with Crippen molar-refractivity contribution in [3.63, 3.8) is 0 Å². The number of rotatable bonds is 5. The minimum absolute atomic E-state index is 0.318. The Hall–Kier alpha value is -2.64. The number of anilines is 1. The molecule has 2 N–H and O–H groups in total. The number of hydrogen-bond acceptors (Lipinski definition) is 6. The summed E-state index contributed by atoms with van der Waals surface area (Å²) >= 11 is 0. The Bertz CT molecular complexity index is 554. The van der Waals surface area contributed by atoms with Crippen LogP contribution in [-0.2, 0) is 19.1 Å². The summed E-state index contributed by atoms with van der Waals surface area (Å²) in [6.45, 7) is 5.08. The Morgan fingerprint density at radius 2 is 2.00 bits per heavy atom. The quantitative estimate of drug-likeness (QED) is 0.795. The van der Waals surface area contributed by atoms with Crippen LogP contribution in [0.3, 0.4) is 0 Å². The molecule has 1 heterocycles. The van der Waals surface area contributed by atoms with E-state index in [-0.39, 0.29) is 6.42 Å². The highest BCUT2D eigenvalue weighted by atomic mass is 16.6. The number of ether oxygens (including phenoxy) is 2. The smallest absolute Gasteiger partial charge is 0.408 e. The minimum atomic E-state index is -1.13. The second-order valence-electron chi connectivity index (χ2n) is 5.71. The second kappa shape index (κ2) is 8.11. The highest BCUT2D eigenvalue weighted by Gasteiger charge is 2.27. The molecule has 0 radical (unpaired) electrons. The van der Waals surface area contributed by atoms with Crippen molar-refractivity contribution in [3.05, 3.63) is 24.5 Å². The van der Waals surface area contributed by atoms with Gasteiger partial charge in [0, 0.05) is 6.20 Å². The lowest BCUT2D eigenvalue weighted by Gasteiger charge is -2.22. The van der Waals surface area contributed by atoms with Crippen LogP contribution in [0.5, 0.6) is 0 Å². The SMILES string of the molecule is COC(=O)C[C@H](NC(=O)OC(C)(C)C)C(=O)Nc1cccnc1. The molecule has 1 aromatic rings. The zero-order valence-corrected chi connectivity index (χ0v) is 13.6. The normalized spacial score (nSPS) is 12.0. The molecule has 0 spiro atoms. The van der Waals surface area contributed by atoms with Gasteiger partial charge in [0.15, 0.2) is 0 Å². The lowest BCUT2D eigenvalue weighted by Crippen LogP contribution is -2.47. The van der Waals surface area contributed by atoms with Crippen molar-refractivity contribution in [2.75, 3.05) is 12.4 Å². The van der Waals surface area contributed by atoms with Gasteiger partial charge in [0.05, 0.1) is 25.4 Å². The number of nitrogens with one attached hydrogen (secondary N) is 2. The van der Waals surface area contributed by atoms with Crippen LogP contribution in [0.25, 0.3) is 0 Å². The molecular formula is C15H21N3O5. The number of pyridine rings is 1. The standard InChI is InChI=1S/C15H21N3O5/c1-15(2,3)23-14(21)18-11(8-12(19)22-4)13(20)17-10-6-5-7-16-9-10/h5-7,9,11H,8H2,1-4H3,(H,17,20)(H,18,21)/t11-/m0/s1. The first-order valence-corrected chi connectivity index (χ1v) is 6.98. The summed E-state index contributed by atoms with van der Waals surface area (Å²) in [6.07, 6.45) is 1.89. The van der Waals surface area contributed by atoms with Crippen molar-refractivity contribution in [2.24, 2.45) is 0 Å². The van der Waals surface area contributed by atoms with Crippen molar-refractivity contribution in [1.82, 2.24) is 10.3 Å². The number of amides is 2. The molecule has 0 saturated heterocycles. The predicted octanol–water partition coefficient (Wildman–Crippen LogP) is 1.48. The molecule has 1 aromatic heterocycles. The lowest BCUT2D eigenvalue weighted by atomic mass is 10.2. The molecule has 0 aromatic carbocycles. The molecule has 0 bridgehead atoms. The van der Waals surface area contributed by atoms with E-state index < -0.39 is 29.6 Å². The van der Waals surface area contributed by atoms with E-state index in [9.17, 15) is 14.4 Å². The van der Waals surface area contributed by atoms with Crippen LogP contribution in [0.2, 0.25) is 0 Å². The third kappa shape index (κ3) is 7.25. The van der Waals surface area contributed by atoms with E-state index in [0.29, 0.717) is 5.69 Å². The number of carbonyl (C=O) groups is 3. The number of methoxy groups -OCH3 is 1. The van der Waals surface area contributed by atoms with Crippen molar-refractivity contribution in [1.29, 1.82) is 0 Å². The maximum Gasteiger partial charge on any atom is 0.408 e. The van der Waals surface area contributed by atoms with Crippen molar-refractivity contribution in [3.8, 4) is 0 Å². The molecule has 0 aliphatic rings. The maximum absolute atomic E-state index is 12.2. The van der Waals surface area contributed by atoms with Gasteiger partial charge in [0.1, 0.15) is 11.6 Å². The molecule has 2 amide bonds. The second-order valence-corrected chi connectivity index (χ2v) is 5.71. The molecule has 8 heteroatoms. The van der Waals surface area contributed by atoms with Gasteiger partial charge in [-0.15, -0.1) is 0 Å². The van der Waals surface area contributed by atoms with Crippen molar-refractivity contribution >= 4 is 23.7 Å². The summed E-state index contributed by atoms with van der Waals surface area (Å²) in [7, 11) is 1.20. The first-order chi connectivity index (χ1) is 10.7.